The summed E-state index contributed by atoms with van der Waals surface area (Å²) in [5.41, 5.74) is 4.69. The quantitative estimate of drug-likeness (QED) is 0.423. The molecule has 0 unspecified atom stereocenters. The van der Waals surface area contributed by atoms with Crippen LogP contribution in [0, 0.1) is 0 Å². The number of aliphatic hydroxyl groups is 2. The van der Waals surface area contributed by atoms with Crippen LogP contribution in [0.1, 0.15) is 29.2 Å². The Morgan fingerprint density at radius 3 is 2.53 bits per heavy atom. The van der Waals surface area contributed by atoms with Gasteiger partial charge in [0, 0.05) is 0 Å². The molecule has 6 N–H and O–H groups in total. The number of ether oxygens (including phenoxy) is 1. The van der Waals surface area contributed by atoms with Crippen molar-refractivity contribution in [3.63, 3.8) is 0 Å². The third-order valence-electron chi connectivity index (χ3n) is 2.79. The molecule has 1 amide bonds. The fraction of sp³-hybridized carbons (Fsp3) is 0.556. The van der Waals surface area contributed by atoms with Gasteiger partial charge in [0.2, 0.25) is 0 Å². The Hall–Kier alpha value is -1.64. The molecule has 2 rings (SSSR count). The number of aromatic hydroxyl groups is 1. The van der Waals surface area contributed by atoms with Crippen LogP contribution in [0.2, 0.25) is 0 Å². The molecule has 94 valence electrons. The minimum absolute atomic E-state index is 0.0466. The van der Waals surface area contributed by atoms with Gasteiger partial charge in [-0.1, -0.05) is 0 Å². The molecule has 1 fully saturated rings. The number of aromatic nitrogens is 2. The van der Waals surface area contributed by atoms with E-state index in [0.29, 0.717) is 0 Å². The lowest BCUT2D eigenvalue weighted by Crippen LogP contribution is -2.28. The van der Waals surface area contributed by atoms with E-state index in [-0.39, 0.29) is 11.4 Å². The molecular weight excluding hydrogens is 230 g/mol. The zero-order valence-electron chi connectivity index (χ0n) is 8.99. The SMILES string of the molecule is C[C@H]1O[C@@H](c2n[nH]c(C(N)=O)c2O)[C@H](O)[C@@H]1O. The van der Waals surface area contributed by atoms with Gasteiger partial charge in [0.25, 0.3) is 5.91 Å². The highest BCUT2D eigenvalue weighted by molar-refractivity contribution is 5.93. The highest BCUT2D eigenvalue weighted by Crippen LogP contribution is 2.37. The summed E-state index contributed by atoms with van der Waals surface area (Å²) in [6.45, 7) is 1.58. The van der Waals surface area contributed by atoms with Crippen molar-refractivity contribution < 1.29 is 24.9 Å². The zero-order valence-corrected chi connectivity index (χ0v) is 8.99. The third-order valence-corrected chi connectivity index (χ3v) is 2.79. The maximum absolute atomic E-state index is 10.9. The second-order valence-electron chi connectivity index (χ2n) is 3.94. The van der Waals surface area contributed by atoms with Crippen LogP contribution in [-0.4, -0.2) is 49.7 Å². The minimum atomic E-state index is -1.22. The largest absolute Gasteiger partial charge is 0.504 e. The fourth-order valence-corrected chi connectivity index (χ4v) is 1.80. The second kappa shape index (κ2) is 3.99. The van der Waals surface area contributed by atoms with E-state index in [0.717, 1.165) is 0 Å². The zero-order chi connectivity index (χ0) is 12.7. The molecule has 4 atom stereocenters. The number of amides is 1. The monoisotopic (exact) mass is 243 g/mol. The van der Waals surface area contributed by atoms with E-state index in [1.165, 1.54) is 0 Å². The van der Waals surface area contributed by atoms with Crippen molar-refractivity contribution in [2.45, 2.75) is 31.3 Å². The number of carbonyl (C=O) groups is 1. The molecule has 17 heavy (non-hydrogen) atoms. The van der Waals surface area contributed by atoms with Gasteiger partial charge in [0.1, 0.15) is 24.0 Å². The molecule has 1 aromatic heterocycles. The van der Waals surface area contributed by atoms with E-state index in [2.05, 4.69) is 10.2 Å². The van der Waals surface area contributed by atoms with Gasteiger partial charge in [-0.3, -0.25) is 9.89 Å². The minimum Gasteiger partial charge on any atom is -0.504 e. The number of nitrogens with zero attached hydrogens (tertiary/aromatic N) is 1. The van der Waals surface area contributed by atoms with Crippen LogP contribution in [0.25, 0.3) is 0 Å². The molecule has 0 aromatic carbocycles. The van der Waals surface area contributed by atoms with E-state index in [1.807, 2.05) is 0 Å². The standard InChI is InChI=1S/C9H13N3O5/c1-2-5(13)7(15)8(17-2)3-6(14)4(9(10)16)12-11-3/h2,5,7-8,13-15H,1H3,(H2,10,16)(H,11,12)/t2-,5-,7-,8+/m1/s1. The summed E-state index contributed by atoms with van der Waals surface area (Å²) in [7, 11) is 0. The average Bonchev–Trinajstić information content (AvgIpc) is 2.75. The Kier molecular flexibility index (Phi) is 2.77. The van der Waals surface area contributed by atoms with Gasteiger partial charge in [0.15, 0.2) is 11.4 Å². The molecule has 1 aliphatic rings. The Morgan fingerprint density at radius 2 is 2.12 bits per heavy atom. The molecule has 2 heterocycles. The van der Waals surface area contributed by atoms with E-state index >= 15 is 0 Å². The Balaban J connectivity index is 2.33. The predicted octanol–water partition coefficient (Wildman–Crippen LogP) is -1.60. The fourth-order valence-electron chi connectivity index (χ4n) is 1.80. The van der Waals surface area contributed by atoms with E-state index < -0.39 is 36.1 Å². The molecule has 8 nitrogen and oxygen atoms in total. The maximum Gasteiger partial charge on any atom is 0.270 e. The molecule has 0 aliphatic carbocycles. The van der Waals surface area contributed by atoms with Crippen LogP contribution >= 0.6 is 0 Å². The summed E-state index contributed by atoms with van der Waals surface area (Å²) in [6, 6.07) is 0. The number of H-pyrrole nitrogens is 1. The number of rotatable bonds is 2. The van der Waals surface area contributed by atoms with Crippen LogP contribution in [0.15, 0.2) is 0 Å². The van der Waals surface area contributed by atoms with Gasteiger partial charge in [-0.25, -0.2) is 0 Å². The van der Waals surface area contributed by atoms with E-state index in [1.54, 1.807) is 6.92 Å². The summed E-state index contributed by atoms with van der Waals surface area (Å²) in [5.74, 6) is -1.34. The summed E-state index contributed by atoms with van der Waals surface area (Å²) in [5, 5.41) is 34.8. The molecule has 0 spiro atoms. The summed E-state index contributed by atoms with van der Waals surface area (Å²) in [4.78, 5) is 10.9. The number of nitrogens with two attached hydrogens (primary N) is 1. The van der Waals surface area contributed by atoms with E-state index in [9.17, 15) is 20.1 Å². The summed E-state index contributed by atoms with van der Waals surface area (Å²) >= 11 is 0. The lowest BCUT2D eigenvalue weighted by atomic mass is 10.1. The van der Waals surface area contributed by atoms with Gasteiger partial charge in [-0.05, 0) is 6.92 Å². The molecule has 1 aliphatic heterocycles. The molecular formula is C9H13N3O5. The van der Waals surface area contributed by atoms with Crippen molar-refractivity contribution in [2.75, 3.05) is 0 Å². The smallest absolute Gasteiger partial charge is 0.270 e. The Labute approximate surface area is 96.0 Å². The van der Waals surface area contributed by atoms with Crippen molar-refractivity contribution in [1.29, 1.82) is 0 Å². The lowest BCUT2D eigenvalue weighted by molar-refractivity contribution is 0.0111. The van der Waals surface area contributed by atoms with Crippen LogP contribution < -0.4 is 5.73 Å². The molecule has 0 bridgehead atoms. The van der Waals surface area contributed by atoms with Gasteiger partial charge in [0.05, 0.1) is 6.10 Å². The maximum atomic E-state index is 10.9. The molecule has 0 radical (unpaired) electrons. The van der Waals surface area contributed by atoms with Gasteiger partial charge in [-0.15, -0.1) is 0 Å². The predicted molar refractivity (Wildman–Crippen MR) is 54.1 cm³/mol. The molecule has 1 saturated heterocycles. The highest BCUT2D eigenvalue weighted by Gasteiger charge is 2.44. The number of hydrogen-bond donors (Lipinski definition) is 5. The van der Waals surface area contributed by atoms with Gasteiger partial charge >= 0.3 is 0 Å². The third kappa shape index (κ3) is 1.75. The van der Waals surface area contributed by atoms with Crippen molar-refractivity contribution in [2.24, 2.45) is 5.73 Å². The first kappa shape index (κ1) is 11.8. The van der Waals surface area contributed by atoms with Crippen molar-refractivity contribution in [3.8, 4) is 5.75 Å². The van der Waals surface area contributed by atoms with Crippen LogP contribution in [0.4, 0.5) is 0 Å². The average molecular weight is 243 g/mol. The normalized spacial score (nSPS) is 32.9. The Bertz CT molecular complexity index is 446. The first-order valence-electron chi connectivity index (χ1n) is 5.02. The van der Waals surface area contributed by atoms with Crippen molar-refractivity contribution in [1.82, 2.24) is 10.2 Å². The number of hydrogen-bond acceptors (Lipinski definition) is 6. The van der Waals surface area contributed by atoms with Crippen LogP contribution in [0.3, 0.4) is 0 Å². The van der Waals surface area contributed by atoms with Crippen LogP contribution in [-0.2, 0) is 4.74 Å². The summed E-state index contributed by atoms with van der Waals surface area (Å²) < 4.78 is 5.25. The van der Waals surface area contributed by atoms with Crippen molar-refractivity contribution in [3.05, 3.63) is 11.4 Å². The van der Waals surface area contributed by atoms with Gasteiger partial charge in [-0.2, -0.15) is 5.10 Å². The molecule has 0 saturated carbocycles. The van der Waals surface area contributed by atoms with E-state index in [4.69, 9.17) is 10.5 Å². The number of aromatic amines is 1. The number of carbonyl (C=O) groups excluding carboxylic acids is 1. The second-order valence-corrected chi connectivity index (χ2v) is 3.94. The number of aliphatic hydroxyl groups excluding tert-OH is 2. The lowest BCUT2D eigenvalue weighted by Gasteiger charge is -2.12. The number of nitrogens with one attached hydrogen (secondary N) is 1. The highest BCUT2D eigenvalue weighted by atomic mass is 16.5. The topological polar surface area (TPSA) is 142 Å². The first-order chi connectivity index (χ1) is 7.93. The summed E-state index contributed by atoms with van der Waals surface area (Å²) in [6.07, 6.45) is -3.89. The van der Waals surface area contributed by atoms with Crippen molar-refractivity contribution >= 4 is 5.91 Å². The molecule has 8 heteroatoms. The molecule has 1 aromatic rings. The Morgan fingerprint density at radius 1 is 1.47 bits per heavy atom. The van der Waals surface area contributed by atoms with Gasteiger partial charge < -0.3 is 25.8 Å². The number of primary amides is 1. The first-order valence-corrected chi connectivity index (χ1v) is 5.02. The van der Waals surface area contributed by atoms with Crippen LogP contribution in [0.5, 0.6) is 5.75 Å².